The van der Waals surface area contributed by atoms with Crippen LogP contribution in [0.25, 0.3) is 0 Å². The summed E-state index contributed by atoms with van der Waals surface area (Å²) < 4.78 is 0. The van der Waals surface area contributed by atoms with Crippen LogP contribution in [0.3, 0.4) is 0 Å². The standard InChI is InChI=1S/C16H20N6O3/c1-4-21(5-2)15-13(22(24)25)14(17-10-18-15)19-20-16(23)12-8-6-11(3)7-9-12/h6-10H,4-5H2,1-3H3,(H,20,23)(H,17,18,19). The fraction of sp³-hybridized carbons (Fsp3) is 0.312. The van der Waals surface area contributed by atoms with E-state index in [4.69, 9.17) is 0 Å². The summed E-state index contributed by atoms with van der Waals surface area (Å²) in [5, 5.41) is 11.5. The number of hydrogen-bond acceptors (Lipinski definition) is 7. The lowest BCUT2D eigenvalue weighted by atomic mass is 10.1. The van der Waals surface area contributed by atoms with Crippen LogP contribution >= 0.6 is 0 Å². The topological polar surface area (TPSA) is 113 Å². The van der Waals surface area contributed by atoms with Crippen molar-refractivity contribution in [2.45, 2.75) is 20.8 Å². The summed E-state index contributed by atoms with van der Waals surface area (Å²) in [6.45, 7) is 6.79. The third kappa shape index (κ3) is 4.19. The van der Waals surface area contributed by atoms with Gasteiger partial charge in [0.05, 0.1) is 4.92 Å². The highest BCUT2D eigenvalue weighted by molar-refractivity contribution is 5.95. The number of carbonyl (C=O) groups is 1. The van der Waals surface area contributed by atoms with E-state index in [0.717, 1.165) is 5.56 Å². The van der Waals surface area contributed by atoms with Crippen molar-refractivity contribution in [3.63, 3.8) is 0 Å². The Morgan fingerprint density at radius 1 is 1.20 bits per heavy atom. The summed E-state index contributed by atoms with van der Waals surface area (Å²) in [6.07, 6.45) is 1.22. The quantitative estimate of drug-likeness (QED) is 0.585. The number of hydrazine groups is 1. The maximum Gasteiger partial charge on any atom is 0.355 e. The van der Waals surface area contributed by atoms with Crippen molar-refractivity contribution in [3.8, 4) is 0 Å². The van der Waals surface area contributed by atoms with Gasteiger partial charge in [0.1, 0.15) is 6.33 Å². The van der Waals surface area contributed by atoms with Crippen molar-refractivity contribution in [2.75, 3.05) is 23.4 Å². The van der Waals surface area contributed by atoms with Crippen LogP contribution in [0.2, 0.25) is 0 Å². The lowest BCUT2D eigenvalue weighted by molar-refractivity contribution is -0.383. The van der Waals surface area contributed by atoms with Gasteiger partial charge in [-0.25, -0.2) is 9.97 Å². The second-order valence-electron chi connectivity index (χ2n) is 5.27. The molecule has 0 saturated heterocycles. The monoisotopic (exact) mass is 344 g/mol. The largest absolute Gasteiger partial charge is 0.355 e. The minimum absolute atomic E-state index is 0.0673. The highest BCUT2D eigenvalue weighted by atomic mass is 16.6. The lowest BCUT2D eigenvalue weighted by Crippen LogP contribution is -2.31. The first-order chi connectivity index (χ1) is 12.0. The van der Waals surface area contributed by atoms with E-state index in [1.54, 1.807) is 29.2 Å². The molecule has 132 valence electrons. The summed E-state index contributed by atoms with van der Waals surface area (Å²) in [7, 11) is 0. The lowest BCUT2D eigenvalue weighted by Gasteiger charge is -2.20. The number of nitro groups is 1. The predicted octanol–water partition coefficient (Wildman–Crippen LogP) is 2.30. The third-order valence-electron chi connectivity index (χ3n) is 3.66. The maximum atomic E-state index is 12.1. The second-order valence-corrected chi connectivity index (χ2v) is 5.27. The minimum Gasteiger partial charge on any atom is -0.351 e. The van der Waals surface area contributed by atoms with E-state index in [-0.39, 0.29) is 17.3 Å². The van der Waals surface area contributed by atoms with Gasteiger partial charge in [-0.3, -0.25) is 25.8 Å². The van der Waals surface area contributed by atoms with Crippen molar-refractivity contribution in [3.05, 3.63) is 51.8 Å². The zero-order valence-electron chi connectivity index (χ0n) is 14.3. The smallest absolute Gasteiger partial charge is 0.351 e. The van der Waals surface area contributed by atoms with Crippen LogP contribution < -0.4 is 15.8 Å². The first-order valence-corrected chi connectivity index (χ1v) is 7.85. The van der Waals surface area contributed by atoms with Gasteiger partial charge in [-0.15, -0.1) is 0 Å². The Labute approximate surface area is 145 Å². The Balaban J connectivity index is 2.24. The van der Waals surface area contributed by atoms with Gasteiger partial charge < -0.3 is 4.90 Å². The molecule has 0 bridgehead atoms. The van der Waals surface area contributed by atoms with E-state index in [2.05, 4.69) is 20.8 Å². The van der Waals surface area contributed by atoms with Gasteiger partial charge in [0.15, 0.2) is 0 Å². The van der Waals surface area contributed by atoms with Crippen LogP contribution in [-0.2, 0) is 0 Å². The first kappa shape index (κ1) is 18.1. The number of nitrogens with one attached hydrogen (secondary N) is 2. The molecule has 1 aromatic carbocycles. The van der Waals surface area contributed by atoms with Gasteiger partial charge in [0, 0.05) is 18.7 Å². The predicted molar refractivity (Wildman–Crippen MR) is 94.5 cm³/mol. The summed E-state index contributed by atoms with van der Waals surface area (Å²) >= 11 is 0. The molecule has 0 aliphatic rings. The minimum atomic E-state index is -0.561. The summed E-state index contributed by atoms with van der Waals surface area (Å²) in [6, 6.07) is 6.95. The number of rotatable bonds is 7. The fourth-order valence-electron chi connectivity index (χ4n) is 2.28. The Kier molecular flexibility index (Phi) is 5.83. The fourth-order valence-corrected chi connectivity index (χ4v) is 2.28. The van der Waals surface area contributed by atoms with Crippen LogP contribution in [0.15, 0.2) is 30.6 Å². The van der Waals surface area contributed by atoms with Crippen molar-refractivity contribution < 1.29 is 9.72 Å². The van der Waals surface area contributed by atoms with Crippen LogP contribution in [0.1, 0.15) is 29.8 Å². The second kappa shape index (κ2) is 8.04. The normalized spacial score (nSPS) is 10.2. The molecule has 1 amide bonds. The third-order valence-corrected chi connectivity index (χ3v) is 3.66. The highest BCUT2D eigenvalue weighted by Crippen LogP contribution is 2.31. The van der Waals surface area contributed by atoms with Gasteiger partial charge in [0.2, 0.25) is 11.6 Å². The number of benzene rings is 1. The van der Waals surface area contributed by atoms with Gasteiger partial charge >= 0.3 is 5.69 Å². The van der Waals surface area contributed by atoms with Crippen LogP contribution in [0.4, 0.5) is 17.3 Å². The molecule has 0 aliphatic carbocycles. The molecule has 2 N–H and O–H groups in total. The van der Waals surface area contributed by atoms with Gasteiger partial charge in [-0.1, -0.05) is 17.7 Å². The molecule has 0 aliphatic heterocycles. The number of aromatic nitrogens is 2. The van der Waals surface area contributed by atoms with Gasteiger partial charge in [-0.2, -0.15) is 0 Å². The van der Waals surface area contributed by atoms with Crippen LogP contribution in [-0.4, -0.2) is 33.9 Å². The molecule has 0 unspecified atom stereocenters. The van der Waals surface area contributed by atoms with E-state index in [0.29, 0.717) is 18.7 Å². The number of amides is 1. The molecular formula is C16H20N6O3. The Bertz CT molecular complexity index is 759. The molecule has 2 aromatic rings. The van der Waals surface area contributed by atoms with E-state index < -0.39 is 10.8 Å². The highest BCUT2D eigenvalue weighted by Gasteiger charge is 2.26. The molecule has 0 spiro atoms. The Morgan fingerprint density at radius 2 is 1.84 bits per heavy atom. The summed E-state index contributed by atoms with van der Waals surface area (Å²) in [4.78, 5) is 32.7. The maximum absolute atomic E-state index is 12.1. The number of nitrogens with zero attached hydrogens (tertiary/aromatic N) is 4. The molecule has 2 rings (SSSR count). The zero-order valence-corrected chi connectivity index (χ0v) is 14.3. The van der Waals surface area contributed by atoms with E-state index >= 15 is 0 Å². The number of hydrogen-bond donors (Lipinski definition) is 2. The molecule has 9 nitrogen and oxygen atoms in total. The van der Waals surface area contributed by atoms with E-state index in [9.17, 15) is 14.9 Å². The molecule has 0 saturated carbocycles. The molecule has 0 fully saturated rings. The first-order valence-electron chi connectivity index (χ1n) is 7.85. The van der Waals surface area contributed by atoms with Crippen LogP contribution in [0.5, 0.6) is 0 Å². The molecule has 1 heterocycles. The van der Waals surface area contributed by atoms with Crippen molar-refractivity contribution in [1.29, 1.82) is 0 Å². The molecule has 0 radical (unpaired) electrons. The van der Waals surface area contributed by atoms with Crippen molar-refractivity contribution in [1.82, 2.24) is 15.4 Å². The summed E-state index contributed by atoms with van der Waals surface area (Å²) in [5.74, 6) is -0.281. The molecular weight excluding hydrogens is 324 g/mol. The average Bonchev–Trinajstić information content (AvgIpc) is 2.61. The molecule has 0 atom stereocenters. The SMILES string of the molecule is CCN(CC)c1ncnc(NNC(=O)c2ccc(C)cc2)c1[N+](=O)[O-]. The Morgan fingerprint density at radius 3 is 2.40 bits per heavy atom. The van der Waals surface area contributed by atoms with E-state index in [1.165, 1.54) is 6.33 Å². The molecule has 1 aromatic heterocycles. The van der Waals surface area contributed by atoms with Gasteiger partial charge in [-0.05, 0) is 32.9 Å². The zero-order chi connectivity index (χ0) is 18.4. The number of anilines is 2. The van der Waals surface area contributed by atoms with Gasteiger partial charge in [0.25, 0.3) is 5.91 Å². The Hall–Kier alpha value is -3.23. The molecule has 25 heavy (non-hydrogen) atoms. The van der Waals surface area contributed by atoms with Crippen molar-refractivity contribution in [2.24, 2.45) is 0 Å². The number of carbonyl (C=O) groups excluding carboxylic acids is 1. The van der Waals surface area contributed by atoms with Crippen molar-refractivity contribution >= 4 is 23.2 Å². The molecule has 9 heteroatoms. The van der Waals surface area contributed by atoms with E-state index in [1.807, 2.05) is 20.8 Å². The summed E-state index contributed by atoms with van der Waals surface area (Å²) in [5.41, 5.74) is 6.14. The van der Waals surface area contributed by atoms with Crippen LogP contribution in [0, 0.1) is 17.0 Å². The average molecular weight is 344 g/mol. The number of aryl methyl sites for hydroxylation is 1.